The molecule has 1 nitrogen and oxygen atoms in total. The number of allylic oxidation sites excluding steroid dienone is 5. The molecule has 0 saturated carbocycles. The molecule has 0 fully saturated rings. The van der Waals surface area contributed by atoms with Crippen LogP contribution in [0.2, 0.25) is 0 Å². The zero-order chi connectivity index (χ0) is 10.8. The Balaban J connectivity index is 3.73. The molecule has 0 N–H and O–H groups in total. The molecule has 14 heavy (non-hydrogen) atoms. The number of ketones is 1. The summed E-state index contributed by atoms with van der Waals surface area (Å²) in [6, 6.07) is 0. The van der Waals surface area contributed by atoms with E-state index < -0.39 is 0 Å². The maximum Gasteiger partial charge on any atom is 0.230 e. The number of rotatable bonds is 4. The summed E-state index contributed by atoms with van der Waals surface area (Å²) in [4.78, 5) is 11.0. The normalized spacial score (nSPS) is 10.1. The molecule has 0 atom stereocenters. The first-order chi connectivity index (χ1) is 6.68. The third-order valence-electron chi connectivity index (χ3n) is 1.47. The summed E-state index contributed by atoms with van der Waals surface area (Å²) < 4.78 is 0. The summed E-state index contributed by atoms with van der Waals surface area (Å²) in [7, 11) is 0. The van der Waals surface area contributed by atoms with Crippen molar-refractivity contribution >= 4 is 5.78 Å². The summed E-state index contributed by atoms with van der Waals surface area (Å²) in [5.74, 6) is 5.18. The molecule has 0 bridgehead atoms. The van der Waals surface area contributed by atoms with Crippen molar-refractivity contribution in [2.45, 2.75) is 26.7 Å². The predicted molar refractivity (Wildman–Crippen MR) is 60.8 cm³/mol. The van der Waals surface area contributed by atoms with E-state index in [9.17, 15) is 4.79 Å². The third kappa shape index (κ3) is 7.12. The van der Waals surface area contributed by atoms with Crippen LogP contribution in [0, 0.1) is 11.8 Å². The Kier molecular flexibility index (Phi) is 7.17. The number of hydrogen-bond donors (Lipinski definition) is 0. The molecule has 1 heteroatoms. The van der Waals surface area contributed by atoms with E-state index in [0.717, 1.165) is 6.42 Å². The number of unbranched alkanes of at least 4 members (excludes halogenated alkanes) is 1. The molecule has 0 spiro atoms. The van der Waals surface area contributed by atoms with Crippen LogP contribution in [0.3, 0.4) is 0 Å². The predicted octanol–water partition coefficient (Wildman–Crippen LogP) is 3.05. The van der Waals surface area contributed by atoms with Gasteiger partial charge < -0.3 is 0 Å². The van der Waals surface area contributed by atoms with Crippen molar-refractivity contribution in [3.63, 3.8) is 0 Å². The molecule has 0 aromatic carbocycles. The van der Waals surface area contributed by atoms with Crippen LogP contribution in [0.5, 0.6) is 0 Å². The molecular weight excluding hydrogens is 172 g/mol. The second kappa shape index (κ2) is 8.07. The number of carbonyl (C=O) groups excluding carboxylic acids is 1. The molecule has 0 aliphatic heterocycles. The molecule has 74 valence electrons. The molecule has 0 aromatic rings. The van der Waals surface area contributed by atoms with Gasteiger partial charge in [0.05, 0.1) is 0 Å². The highest BCUT2D eigenvalue weighted by Crippen LogP contribution is 1.91. The topological polar surface area (TPSA) is 17.1 Å². The van der Waals surface area contributed by atoms with Gasteiger partial charge in [-0.05, 0) is 31.8 Å². The van der Waals surface area contributed by atoms with Gasteiger partial charge in [-0.3, -0.25) is 4.79 Å². The van der Waals surface area contributed by atoms with Gasteiger partial charge in [0.2, 0.25) is 5.78 Å². The van der Waals surface area contributed by atoms with Crippen LogP contribution >= 0.6 is 0 Å². The fourth-order valence-electron chi connectivity index (χ4n) is 0.691. The van der Waals surface area contributed by atoms with E-state index in [1.54, 1.807) is 6.92 Å². The summed E-state index contributed by atoms with van der Waals surface area (Å²) in [6.07, 6.45) is 9.52. The smallest absolute Gasteiger partial charge is 0.230 e. The van der Waals surface area contributed by atoms with Gasteiger partial charge in [0.25, 0.3) is 0 Å². The molecular formula is C13H16O. The van der Waals surface area contributed by atoms with Crippen LogP contribution < -0.4 is 0 Å². The molecule has 0 aliphatic rings. The van der Waals surface area contributed by atoms with Crippen LogP contribution in [-0.4, -0.2) is 5.78 Å². The largest absolute Gasteiger partial charge is 0.280 e. The SMILES string of the molecule is C=C(C)C(=O)C#CCC/C=C/C=C/C. The Morgan fingerprint density at radius 3 is 2.71 bits per heavy atom. The lowest BCUT2D eigenvalue weighted by molar-refractivity contribution is -0.110. The van der Waals surface area contributed by atoms with Crippen LogP contribution in [0.25, 0.3) is 0 Å². The Morgan fingerprint density at radius 2 is 2.14 bits per heavy atom. The Labute approximate surface area is 86.2 Å². The minimum absolute atomic E-state index is 0.164. The molecule has 0 heterocycles. The monoisotopic (exact) mass is 188 g/mol. The molecule has 0 unspecified atom stereocenters. The fourth-order valence-corrected chi connectivity index (χ4v) is 0.691. The van der Waals surface area contributed by atoms with Crippen molar-refractivity contribution in [2.75, 3.05) is 0 Å². The van der Waals surface area contributed by atoms with E-state index in [1.807, 2.05) is 31.2 Å². The zero-order valence-corrected chi connectivity index (χ0v) is 8.84. The average Bonchev–Trinajstić information content (AvgIpc) is 2.16. The highest BCUT2D eigenvalue weighted by molar-refractivity contribution is 6.07. The van der Waals surface area contributed by atoms with E-state index in [4.69, 9.17) is 0 Å². The van der Waals surface area contributed by atoms with Crippen molar-refractivity contribution < 1.29 is 4.79 Å². The third-order valence-corrected chi connectivity index (χ3v) is 1.47. The van der Waals surface area contributed by atoms with Crippen LogP contribution in [-0.2, 0) is 4.79 Å². The fraction of sp³-hybridized carbons (Fsp3) is 0.308. The lowest BCUT2D eigenvalue weighted by atomic mass is 10.2. The van der Waals surface area contributed by atoms with E-state index in [1.165, 1.54) is 0 Å². The summed E-state index contributed by atoms with van der Waals surface area (Å²) in [6.45, 7) is 7.16. The molecule has 0 amide bonds. The lowest BCUT2D eigenvalue weighted by Crippen LogP contribution is -1.91. The Morgan fingerprint density at radius 1 is 1.43 bits per heavy atom. The summed E-state index contributed by atoms with van der Waals surface area (Å²) in [5, 5.41) is 0. The van der Waals surface area contributed by atoms with Crippen molar-refractivity contribution in [2.24, 2.45) is 0 Å². The van der Waals surface area contributed by atoms with E-state index in [2.05, 4.69) is 18.4 Å². The number of hydrogen-bond acceptors (Lipinski definition) is 1. The summed E-state index contributed by atoms with van der Waals surface area (Å²) >= 11 is 0. The van der Waals surface area contributed by atoms with Gasteiger partial charge in [-0.15, -0.1) is 0 Å². The van der Waals surface area contributed by atoms with Crippen molar-refractivity contribution in [1.29, 1.82) is 0 Å². The highest BCUT2D eigenvalue weighted by atomic mass is 16.1. The van der Waals surface area contributed by atoms with Crippen LogP contribution in [0.15, 0.2) is 36.5 Å². The van der Waals surface area contributed by atoms with Gasteiger partial charge in [0.15, 0.2) is 0 Å². The highest BCUT2D eigenvalue weighted by Gasteiger charge is 1.93. The first-order valence-corrected chi connectivity index (χ1v) is 4.65. The Hall–Kier alpha value is -1.55. The molecule has 0 aliphatic carbocycles. The standard InChI is InChI=1S/C13H16O/c1-4-5-6-7-8-9-10-11-13(14)12(2)3/h4-7H,2,8-9H2,1,3H3/b5-4+,7-6+. The van der Waals surface area contributed by atoms with Gasteiger partial charge in [-0.25, -0.2) is 0 Å². The van der Waals surface area contributed by atoms with Crippen molar-refractivity contribution in [3.8, 4) is 11.8 Å². The lowest BCUT2D eigenvalue weighted by Gasteiger charge is -1.85. The average molecular weight is 188 g/mol. The maximum atomic E-state index is 11.0. The first-order valence-electron chi connectivity index (χ1n) is 4.65. The summed E-state index contributed by atoms with van der Waals surface area (Å²) in [5.41, 5.74) is 0.502. The molecule has 0 saturated heterocycles. The second-order valence-electron chi connectivity index (χ2n) is 2.90. The van der Waals surface area contributed by atoms with E-state index in [-0.39, 0.29) is 5.78 Å². The minimum atomic E-state index is -0.164. The van der Waals surface area contributed by atoms with E-state index in [0.29, 0.717) is 12.0 Å². The molecule has 0 radical (unpaired) electrons. The van der Waals surface area contributed by atoms with Gasteiger partial charge in [-0.2, -0.15) is 0 Å². The molecule has 0 aromatic heterocycles. The Bertz CT molecular complexity index is 308. The number of carbonyl (C=O) groups is 1. The molecule has 0 rings (SSSR count). The van der Waals surface area contributed by atoms with Crippen LogP contribution in [0.1, 0.15) is 26.7 Å². The zero-order valence-electron chi connectivity index (χ0n) is 8.84. The van der Waals surface area contributed by atoms with Crippen molar-refractivity contribution in [1.82, 2.24) is 0 Å². The van der Waals surface area contributed by atoms with Crippen molar-refractivity contribution in [3.05, 3.63) is 36.5 Å². The van der Waals surface area contributed by atoms with Gasteiger partial charge in [-0.1, -0.05) is 36.8 Å². The minimum Gasteiger partial charge on any atom is -0.280 e. The van der Waals surface area contributed by atoms with Gasteiger partial charge in [0, 0.05) is 6.42 Å². The van der Waals surface area contributed by atoms with Gasteiger partial charge in [0.1, 0.15) is 0 Å². The number of Topliss-reactive ketones (excluding diaryl/α,β-unsaturated/α-hetero) is 1. The maximum absolute atomic E-state index is 11.0. The van der Waals surface area contributed by atoms with Gasteiger partial charge >= 0.3 is 0 Å². The van der Waals surface area contributed by atoms with Crippen LogP contribution in [0.4, 0.5) is 0 Å². The van der Waals surface area contributed by atoms with E-state index >= 15 is 0 Å². The quantitative estimate of drug-likeness (QED) is 0.218. The first kappa shape index (κ1) is 12.4. The second-order valence-corrected chi connectivity index (χ2v) is 2.90.